The molecule has 2 rings (SSSR count). The molecule has 0 aromatic carbocycles. The van der Waals surface area contributed by atoms with Crippen molar-refractivity contribution in [3.05, 3.63) is 16.5 Å². The molecule has 1 fully saturated rings. The Morgan fingerprint density at radius 1 is 1.21 bits per heavy atom. The van der Waals surface area contributed by atoms with E-state index < -0.39 is 9.84 Å². The summed E-state index contributed by atoms with van der Waals surface area (Å²) >= 11 is 3.40. The van der Waals surface area contributed by atoms with Gasteiger partial charge in [0.15, 0.2) is 9.84 Å². The van der Waals surface area contributed by atoms with Gasteiger partial charge in [0, 0.05) is 24.6 Å². The molecule has 1 aliphatic rings. The standard InChI is InChI=1S/C12H18BrN3O2S/c1-12(2,3)11-14-9(13)8-10(15-11)16-4-6-19(17,18)7-5-16/h8H,4-7H2,1-3H3. The summed E-state index contributed by atoms with van der Waals surface area (Å²) < 4.78 is 23.6. The third kappa shape index (κ3) is 3.66. The van der Waals surface area contributed by atoms with Crippen molar-refractivity contribution in [1.29, 1.82) is 0 Å². The Bertz CT molecular complexity index is 567. The van der Waals surface area contributed by atoms with Gasteiger partial charge in [-0.2, -0.15) is 0 Å². The summed E-state index contributed by atoms with van der Waals surface area (Å²) in [6.45, 7) is 7.16. The normalized spacial score (nSPS) is 19.5. The molecular formula is C12H18BrN3O2S. The van der Waals surface area contributed by atoms with E-state index >= 15 is 0 Å². The van der Waals surface area contributed by atoms with Gasteiger partial charge in [0.2, 0.25) is 0 Å². The van der Waals surface area contributed by atoms with Gasteiger partial charge in [0.25, 0.3) is 0 Å². The van der Waals surface area contributed by atoms with Crippen LogP contribution in [0.3, 0.4) is 0 Å². The first kappa shape index (κ1) is 14.7. The Balaban J connectivity index is 2.29. The molecule has 0 aliphatic carbocycles. The minimum atomic E-state index is -2.87. The summed E-state index contributed by atoms with van der Waals surface area (Å²) in [4.78, 5) is 11.0. The quantitative estimate of drug-likeness (QED) is 0.724. The molecular weight excluding hydrogens is 330 g/mol. The van der Waals surface area contributed by atoms with Crippen LogP contribution in [-0.4, -0.2) is 43.0 Å². The van der Waals surface area contributed by atoms with E-state index in [0.717, 1.165) is 16.2 Å². The molecule has 0 radical (unpaired) electrons. The van der Waals surface area contributed by atoms with Gasteiger partial charge in [-0.25, -0.2) is 18.4 Å². The van der Waals surface area contributed by atoms with Crippen LogP contribution < -0.4 is 4.90 Å². The van der Waals surface area contributed by atoms with Crippen LogP contribution in [0.4, 0.5) is 5.82 Å². The lowest BCUT2D eigenvalue weighted by atomic mass is 9.96. The number of aromatic nitrogens is 2. The average Bonchev–Trinajstić information content (AvgIpc) is 2.26. The van der Waals surface area contributed by atoms with Crippen molar-refractivity contribution in [2.75, 3.05) is 29.5 Å². The number of hydrogen-bond donors (Lipinski definition) is 0. The molecule has 0 spiro atoms. The highest BCUT2D eigenvalue weighted by Crippen LogP contribution is 2.25. The minimum Gasteiger partial charge on any atom is -0.354 e. The molecule has 19 heavy (non-hydrogen) atoms. The number of hydrogen-bond acceptors (Lipinski definition) is 5. The van der Waals surface area contributed by atoms with Crippen molar-refractivity contribution in [1.82, 2.24) is 9.97 Å². The van der Waals surface area contributed by atoms with Gasteiger partial charge in [0.05, 0.1) is 11.5 Å². The van der Waals surface area contributed by atoms with Crippen LogP contribution in [0.15, 0.2) is 10.7 Å². The van der Waals surface area contributed by atoms with Crippen molar-refractivity contribution in [3.63, 3.8) is 0 Å². The number of rotatable bonds is 1. The van der Waals surface area contributed by atoms with Crippen LogP contribution in [0.1, 0.15) is 26.6 Å². The van der Waals surface area contributed by atoms with E-state index in [0.29, 0.717) is 13.1 Å². The molecule has 0 unspecified atom stereocenters. The van der Waals surface area contributed by atoms with E-state index in [1.54, 1.807) is 0 Å². The monoisotopic (exact) mass is 347 g/mol. The lowest BCUT2D eigenvalue weighted by Gasteiger charge is -2.29. The van der Waals surface area contributed by atoms with Gasteiger partial charge < -0.3 is 4.90 Å². The van der Waals surface area contributed by atoms with Crippen LogP contribution in [0.5, 0.6) is 0 Å². The van der Waals surface area contributed by atoms with Crippen LogP contribution in [0.25, 0.3) is 0 Å². The highest BCUT2D eigenvalue weighted by molar-refractivity contribution is 9.10. The van der Waals surface area contributed by atoms with Gasteiger partial charge in [-0.05, 0) is 15.9 Å². The molecule has 7 heteroatoms. The first-order chi connectivity index (χ1) is 8.67. The Morgan fingerprint density at radius 3 is 2.32 bits per heavy atom. The third-order valence-electron chi connectivity index (χ3n) is 3.02. The molecule has 0 bridgehead atoms. The molecule has 1 aliphatic heterocycles. The molecule has 0 amide bonds. The highest BCUT2D eigenvalue weighted by atomic mass is 79.9. The topological polar surface area (TPSA) is 63.2 Å². The molecule has 0 N–H and O–H groups in total. The molecule has 0 atom stereocenters. The van der Waals surface area contributed by atoms with E-state index in [2.05, 4.69) is 46.7 Å². The van der Waals surface area contributed by atoms with E-state index in [-0.39, 0.29) is 16.9 Å². The summed E-state index contributed by atoms with van der Waals surface area (Å²) in [5, 5.41) is 0. The molecule has 1 saturated heterocycles. The zero-order valence-corrected chi connectivity index (χ0v) is 13.8. The Hall–Kier alpha value is -0.690. The number of nitrogens with zero attached hydrogens (tertiary/aromatic N) is 3. The van der Waals surface area contributed by atoms with E-state index in [1.807, 2.05) is 11.0 Å². The summed E-state index contributed by atoms with van der Waals surface area (Å²) in [5.74, 6) is 1.94. The van der Waals surface area contributed by atoms with Crippen LogP contribution in [0, 0.1) is 0 Å². The predicted octanol–water partition coefficient (Wildman–Crippen LogP) is 1.77. The van der Waals surface area contributed by atoms with Gasteiger partial charge in [-0.1, -0.05) is 20.8 Å². The Morgan fingerprint density at radius 2 is 1.79 bits per heavy atom. The highest BCUT2D eigenvalue weighted by Gasteiger charge is 2.25. The Labute approximate surface area is 122 Å². The maximum atomic E-state index is 11.5. The molecule has 0 saturated carbocycles. The summed E-state index contributed by atoms with van der Waals surface area (Å²) in [6.07, 6.45) is 0. The van der Waals surface area contributed by atoms with Crippen LogP contribution in [0.2, 0.25) is 0 Å². The summed E-state index contributed by atoms with van der Waals surface area (Å²) in [7, 11) is -2.87. The number of sulfone groups is 1. The second kappa shape index (κ2) is 5.01. The van der Waals surface area contributed by atoms with Gasteiger partial charge in [-0.15, -0.1) is 0 Å². The number of halogens is 1. The second-order valence-corrected chi connectivity index (χ2v) is 8.88. The van der Waals surface area contributed by atoms with E-state index in [1.165, 1.54) is 0 Å². The van der Waals surface area contributed by atoms with Crippen LogP contribution in [-0.2, 0) is 15.3 Å². The lowest BCUT2D eigenvalue weighted by molar-refractivity contribution is 0.541. The average molecular weight is 348 g/mol. The third-order valence-corrected chi connectivity index (χ3v) is 5.04. The maximum absolute atomic E-state index is 11.5. The van der Waals surface area contributed by atoms with Gasteiger partial charge in [-0.3, -0.25) is 0 Å². The fourth-order valence-corrected chi connectivity index (χ4v) is 3.42. The van der Waals surface area contributed by atoms with E-state index in [4.69, 9.17) is 0 Å². The summed E-state index contributed by atoms with van der Waals surface area (Å²) in [6, 6.07) is 1.84. The van der Waals surface area contributed by atoms with Crippen LogP contribution >= 0.6 is 15.9 Å². The number of anilines is 1. The van der Waals surface area contributed by atoms with Gasteiger partial charge >= 0.3 is 0 Å². The molecule has 5 nitrogen and oxygen atoms in total. The van der Waals surface area contributed by atoms with Crippen molar-refractivity contribution in [2.24, 2.45) is 0 Å². The zero-order valence-electron chi connectivity index (χ0n) is 11.4. The summed E-state index contributed by atoms with van der Waals surface area (Å²) in [5.41, 5.74) is -0.138. The first-order valence-electron chi connectivity index (χ1n) is 6.18. The fourth-order valence-electron chi connectivity index (χ4n) is 1.84. The predicted molar refractivity (Wildman–Crippen MR) is 79.3 cm³/mol. The molecule has 1 aromatic rings. The van der Waals surface area contributed by atoms with Crippen molar-refractivity contribution >= 4 is 31.6 Å². The van der Waals surface area contributed by atoms with Crippen molar-refractivity contribution in [2.45, 2.75) is 26.2 Å². The second-order valence-electron chi connectivity index (χ2n) is 5.76. The SMILES string of the molecule is CC(C)(C)c1nc(Br)cc(N2CCS(=O)(=O)CC2)n1. The van der Waals surface area contributed by atoms with Crippen molar-refractivity contribution < 1.29 is 8.42 Å². The maximum Gasteiger partial charge on any atom is 0.153 e. The van der Waals surface area contributed by atoms with Gasteiger partial charge in [0.1, 0.15) is 16.2 Å². The fraction of sp³-hybridized carbons (Fsp3) is 0.667. The largest absolute Gasteiger partial charge is 0.354 e. The zero-order chi connectivity index (χ0) is 14.3. The molecule has 1 aromatic heterocycles. The molecule has 106 valence electrons. The Kier molecular flexibility index (Phi) is 3.88. The lowest BCUT2D eigenvalue weighted by Crippen LogP contribution is -2.41. The van der Waals surface area contributed by atoms with E-state index in [9.17, 15) is 8.42 Å². The molecule has 2 heterocycles. The first-order valence-corrected chi connectivity index (χ1v) is 8.79. The smallest absolute Gasteiger partial charge is 0.153 e. The minimum absolute atomic E-state index is 0.138. The van der Waals surface area contributed by atoms with Crippen molar-refractivity contribution in [3.8, 4) is 0 Å².